The molecule has 0 aliphatic carbocycles. The first kappa shape index (κ1) is 33.6. The van der Waals surface area contributed by atoms with Crippen LogP contribution >= 0.6 is 23.1 Å². The fourth-order valence-corrected chi connectivity index (χ4v) is 11.2. The molecule has 0 spiro atoms. The number of rotatable bonds is 5. The lowest BCUT2D eigenvalue weighted by Crippen LogP contribution is -2.06. The van der Waals surface area contributed by atoms with Gasteiger partial charge in [-0.2, -0.15) is 0 Å². The van der Waals surface area contributed by atoms with Crippen molar-refractivity contribution in [1.82, 2.24) is 24.1 Å². The highest BCUT2D eigenvalue weighted by Gasteiger charge is 2.28. The molecule has 0 radical (unpaired) electrons. The predicted octanol–water partition coefficient (Wildman–Crippen LogP) is 14.4. The van der Waals surface area contributed by atoms with E-state index >= 15 is 0 Å². The van der Waals surface area contributed by atoms with Gasteiger partial charge in [0, 0.05) is 68.5 Å². The minimum absolute atomic E-state index is 0.639. The Kier molecular flexibility index (Phi) is 7.34. The van der Waals surface area contributed by atoms with Crippen molar-refractivity contribution in [1.29, 1.82) is 0 Å². The maximum atomic E-state index is 5.18. The SMILES string of the molecule is c1ccc(-c2nc(-c3cccc(-c4ccc5c(c4)-n4c6c(cccc6c6c7ccccc7n(-c7ccccc7)c64)S5)c3)nc(-c3ccc4sc5ccccc5c4c3)n2)cc1. The summed E-state index contributed by atoms with van der Waals surface area (Å²) < 4.78 is 7.46. The summed E-state index contributed by atoms with van der Waals surface area (Å²) in [5.41, 5.74) is 11.0. The molecule has 4 aromatic heterocycles. The first-order valence-electron chi connectivity index (χ1n) is 20.0. The summed E-state index contributed by atoms with van der Waals surface area (Å²) in [6.07, 6.45) is 0. The third kappa shape index (κ3) is 5.10. The van der Waals surface area contributed by atoms with Crippen LogP contribution in [0.3, 0.4) is 0 Å². The number of benzene rings is 8. The summed E-state index contributed by atoms with van der Waals surface area (Å²) in [6, 6.07) is 67.1. The van der Waals surface area contributed by atoms with E-state index in [0.29, 0.717) is 17.5 Å². The molecule has 5 nitrogen and oxygen atoms in total. The van der Waals surface area contributed by atoms with E-state index in [9.17, 15) is 0 Å². The van der Waals surface area contributed by atoms with E-state index in [0.717, 1.165) is 33.5 Å². The Morgan fingerprint density at radius 1 is 0.383 bits per heavy atom. The third-order valence-corrected chi connectivity index (χ3v) is 14.0. The van der Waals surface area contributed by atoms with Gasteiger partial charge < -0.3 is 0 Å². The Labute approximate surface area is 352 Å². The quantitative estimate of drug-likeness (QED) is 0.174. The molecular formula is C53H31N5S2. The Hall–Kier alpha value is -7.32. The van der Waals surface area contributed by atoms with Crippen molar-refractivity contribution in [2.75, 3.05) is 0 Å². The maximum Gasteiger partial charge on any atom is 0.164 e. The number of hydrogen-bond donors (Lipinski definition) is 0. The van der Waals surface area contributed by atoms with Crippen LogP contribution in [0.15, 0.2) is 198 Å². The normalized spacial score (nSPS) is 12.3. The van der Waals surface area contributed by atoms with Crippen molar-refractivity contribution < 1.29 is 0 Å². The molecule has 0 fully saturated rings. The van der Waals surface area contributed by atoms with Crippen LogP contribution in [0.5, 0.6) is 0 Å². The van der Waals surface area contributed by atoms with Gasteiger partial charge in [0.2, 0.25) is 0 Å². The number of para-hydroxylation sites is 3. The van der Waals surface area contributed by atoms with E-state index in [-0.39, 0.29) is 0 Å². The minimum atomic E-state index is 0.639. The van der Waals surface area contributed by atoms with Crippen molar-refractivity contribution in [3.63, 3.8) is 0 Å². The van der Waals surface area contributed by atoms with Gasteiger partial charge in [-0.05, 0) is 77.9 Å². The molecule has 0 saturated carbocycles. The van der Waals surface area contributed by atoms with E-state index in [1.807, 2.05) is 41.3 Å². The summed E-state index contributed by atoms with van der Waals surface area (Å²) in [5.74, 6) is 1.94. The molecule has 0 unspecified atom stereocenters. The zero-order chi connectivity index (χ0) is 39.3. The molecule has 1 aliphatic heterocycles. The minimum Gasteiger partial charge on any atom is -0.295 e. The predicted molar refractivity (Wildman–Crippen MR) is 250 cm³/mol. The molecule has 0 bridgehead atoms. The Morgan fingerprint density at radius 3 is 1.85 bits per heavy atom. The van der Waals surface area contributed by atoms with Crippen LogP contribution in [-0.2, 0) is 0 Å². The van der Waals surface area contributed by atoms with Crippen molar-refractivity contribution in [2.24, 2.45) is 0 Å². The fraction of sp³-hybridized carbons (Fsp3) is 0. The molecule has 0 atom stereocenters. The second-order valence-electron chi connectivity index (χ2n) is 15.2. The molecule has 8 aromatic carbocycles. The monoisotopic (exact) mass is 801 g/mol. The topological polar surface area (TPSA) is 48.5 Å². The summed E-state index contributed by atoms with van der Waals surface area (Å²) in [5, 5.41) is 6.26. The van der Waals surface area contributed by atoms with Crippen LogP contribution in [0.1, 0.15) is 0 Å². The Balaban J connectivity index is 0.984. The number of hydrogen-bond acceptors (Lipinski definition) is 5. The first-order chi connectivity index (χ1) is 29.7. The van der Waals surface area contributed by atoms with Gasteiger partial charge in [0.15, 0.2) is 17.5 Å². The lowest BCUT2D eigenvalue weighted by atomic mass is 10.0. The van der Waals surface area contributed by atoms with Crippen molar-refractivity contribution in [2.45, 2.75) is 9.79 Å². The molecule has 5 heterocycles. The van der Waals surface area contributed by atoms with Gasteiger partial charge in [-0.15, -0.1) is 11.3 Å². The maximum absolute atomic E-state index is 5.18. The van der Waals surface area contributed by atoms with Gasteiger partial charge in [0.25, 0.3) is 0 Å². The van der Waals surface area contributed by atoms with Crippen molar-refractivity contribution in [3.05, 3.63) is 188 Å². The van der Waals surface area contributed by atoms with Gasteiger partial charge >= 0.3 is 0 Å². The van der Waals surface area contributed by atoms with E-state index in [2.05, 4.69) is 179 Å². The lowest BCUT2D eigenvalue weighted by Gasteiger charge is -2.22. The summed E-state index contributed by atoms with van der Waals surface area (Å²) in [6.45, 7) is 0. The molecule has 1 aliphatic rings. The molecular weight excluding hydrogens is 771 g/mol. The van der Waals surface area contributed by atoms with Crippen LogP contribution in [0.2, 0.25) is 0 Å². The third-order valence-electron chi connectivity index (χ3n) is 11.7. The largest absolute Gasteiger partial charge is 0.295 e. The number of aromatic nitrogens is 5. The van der Waals surface area contributed by atoms with Crippen LogP contribution in [0, 0.1) is 0 Å². The smallest absolute Gasteiger partial charge is 0.164 e. The fourth-order valence-electron chi connectivity index (χ4n) is 9.05. The Bertz CT molecular complexity index is 3690. The second kappa shape index (κ2) is 13.1. The van der Waals surface area contributed by atoms with Gasteiger partial charge in [0.05, 0.1) is 16.7 Å². The van der Waals surface area contributed by atoms with Crippen molar-refractivity contribution >= 4 is 76.1 Å². The summed E-state index contributed by atoms with van der Waals surface area (Å²) in [7, 11) is 0. The van der Waals surface area contributed by atoms with Crippen LogP contribution in [-0.4, -0.2) is 24.1 Å². The van der Waals surface area contributed by atoms with Gasteiger partial charge in [-0.3, -0.25) is 9.13 Å². The molecule has 60 heavy (non-hydrogen) atoms. The van der Waals surface area contributed by atoms with Gasteiger partial charge in [-0.25, -0.2) is 15.0 Å². The van der Waals surface area contributed by atoms with Crippen LogP contribution < -0.4 is 0 Å². The van der Waals surface area contributed by atoms with E-state index < -0.39 is 0 Å². The summed E-state index contributed by atoms with van der Waals surface area (Å²) in [4.78, 5) is 17.9. The standard InChI is InChI=1S/C53H31N5S2/c1-3-13-32(14-4-1)50-54-51(56-52(55-50)36-26-27-45-41(30-36)38-19-8-10-23-44(38)59-45)35-16-11-15-33(29-35)34-25-28-46-43(31-34)58-49-40(21-12-24-47(49)60-46)48-39-20-7-9-22-42(39)57(53(48)58)37-17-5-2-6-18-37/h1-31H. The lowest BCUT2D eigenvalue weighted by molar-refractivity contribution is 1.03. The average molecular weight is 802 g/mol. The number of thiophene rings is 1. The highest BCUT2D eigenvalue weighted by molar-refractivity contribution is 7.99. The van der Waals surface area contributed by atoms with E-state index in [4.69, 9.17) is 15.0 Å². The molecule has 0 amide bonds. The van der Waals surface area contributed by atoms with Crippen LogP contribution in [0.25, 0.3) is 110 Å². The first-order valence-corrected chi connectivity index (χ1v) is 21.7. The zero-order valence-corrected chi connectivity index (χ0v) is 33.6. The van der Waals surface area contributed by atoms with Crippen LogP contribution in [0.4, 0.5) is 0 Å². The van der Waals surface area contributed by atoms with E-state index in [1.54, 1.807) is 0 Å². The molecule has 0 N–H and O–H groups in total. The van der Waals surface area contributed by atoms with Crippen molar-refractivity contribution in [3.8, 4) is 56.7 Å². The zero-order valence-electron chi connectivity index (χ0n) is 32.0. The van der Waals surface area contributed by atoms with Gasteiger partial charge in [0.1, 0.15) is 5.65 Å². The second-order valence-corrected chi connectivity index (χ2v) is 17.4. The highest BCUT2D eigenvalue weighted by atomic mass is 32.2. The molecule has 12 aromatic rings. The molecule has 13 rings (SSSR count). The average Bonchev–Trinajstić information content (AvgIpc) is 3.98. The van der Waals surface area contributed by atoms with Gasteiger partial charge in [-0.1, -0.05) is 133 Å². The molecule has 0 saturated heterocycles. The molecule has 280 valence electrons. The number of nitrogens with zero attached hydrogens (tertiary/aromatic N) is 5. The highest BCUT2D eigenvalue weighted by Crippen LogP contribution is 2.50. The number of fused-ring (bicyclic) bond motifs is 10. The van der Waals surface area contributed by atoms with E-state index in [1.165, 1.54) is 68.5 Å². The Morgan fingerprint density at radius 2 is 1.00 bits per heavy atom. The molecule has 7 heteroatoms. The summed E-state index contributed by atoms with van der Waals surface area (Å²) >= 11 is 3.66.